The van der Waals surface area contributed by atoms with Crippen molar-refractivity contribution in [2.24, 2.45) is 5.73 Å². The Balaban J connectivity index is 1.84. The lowest BCUT2D eigenvalue weighted by Crippen LogP contribution is -2.35. The summed E-state index contributed by atoms with van der Waals surface area (Å²) in [4.78, 5) is 0. The minimum atomic E-state index is 0.230. The largest absolute Gasteiger partial charge is 0.507 e. The van der Waals surface area contributed by atoms with Gasteiger partial charge in [-0.25, -0.2) is 0 Å². The van der Waals surface area contributed by atoms with Gasteiger partial charge < -0.3 is 20.9 Å². The van der Waals surface area contributed by atoms with Crippen LogP contribution in [0.4, 0.5) is 0 Å². The van der Waals surface area contributed by atoms with E-state index in [1.165, 1.54) is 24.8 Å². The summed E-state index contributed by atoms with van der Waals surface area (Å²) in [5.74, 6) is 1.43. The SMILES string of the molecule is Cc1c(C)c2c(c(C)c1O)CCC(CNCCCCCCN)O2. The summed E-state index contributed by atoms with van der Waals surface area (Å²) < 4.78 is 6.23. The molecule has 2 rings (SSSR count). The van der Waals surface area contributed by atoms with E-state index in [1.54, 1.807) is 0 Å². The molecular weight excluding hydrogens is 288 g/mol. The van der Waals surface area contributed by atoms with E-state index in [1.807, 2.05) is 20.8 Å². The fraction of sp³-hybridized carbons (Fsp3) is 0.684. The van der Waals surface area contributed by atoms with Gasteiger partial charge >= 0.3 is 0 Å². The zero-order valence-electron chi connectivity index (χ0n) is 14.9. The first-order chi connectivity index (χ1) is 11.1. The molecule has 0 saturated carbocycles. The summed E-state index contributed by atoms with van der Waals surface area (Å²) in [6.07, 6.45) is 7.03. The zero-order chi connectivity index (χ0) is 16.8. The predicted octanol–water partition coefficient (Wildman–Crippen LogP) is 3.12. The molecule has 0 fully saturated rings. The number of phenols is 1. The molecule has 0 aromatic heterocycles. The molecule has 0 saturated heterocycles. The molecule has 1 aliphatic rings. The highest BCUT2D eigenvalue weighted by molar-refractivity contribution is 5.58. The number of rotatable bonds is 8. The van der Waals surface area contributed by atoms with Gasteiger partial charge in [0.25, 0.3) is 0 Å². The van der Waals surface area contributed by atoms with Crippen LogP contribution in [0.5, 0.6) is 11.5 Å². The topological polar surface area (TPSA) is 67.5 Å². The second-order valence-electron chi connectivity index (χ2n) is 6.72. The van der Waals surface area contributed by atoms with Crippen molar-refractivity contribution in [3.05, 3.63) is 22.3 Å². The molecule has 0 radical (unpaired) electrons. The quantitative estimate of drug-likeness (QED) is 0.644. The Morgan fingerprint density at radius 3 is 2.57 bits per heavy atom. The summed E-state index contributed by atoms with van der Waals surface area (Å²) in [5.41, 5.74) is 9.68. The molecule has 1 aromatic carbocycles. The molecule has 1 unspecified atom stereocenters. The Morgan fingerprint density at radius 2 is 1.83 bits per heavy atom. The number of unbranched alkanes of at least 4 members (excludes halogenated alkanes) is 3. The van der Waals surface area contributed by atoms with Gasteiger partial charge in [-0.3, -0.25) is 0 Å². The van der Waals surface area contributed by atoms with Gasteiger partial charge in [-0.05, 0) is 76.2 Å². The Morgan fingerprint density at radius 1 is 1.09 bits per heavy atom. The van der Waals surface area contributed by atoms with Gasteiger partial charge in [-0.15, -0.1) is 0 Å². The molecule has 1 heterocycles. The van der Waals surface area contributed by atoms with Crippen LogP contribution in [0.25, 0.3) is 0 Å². The summed E-state index contributed by atoms with van der Waals surface area (Å²) in [5, 5.41) is 13.7. The maximum absolute atomic E-state index is 10.2. The maximum Gasteiger partial charge on any atom is 0.126 e. The van der Waals surface area contributed by atoms with Crippen molar-refractivity contribution in [2.75, 3.05) is 19.6 Å². The first-order valence-corrected chi connectivity index (χ1v) is 8.95. The molecule has 0 bridgehead atoms. The second-order valence-corrected chi connectivity index (χ2v) is 6.72. The zero-order valence-corrected chi connectivity index (χ0v) is 14.9. The number of hydrogen-bond donors (Lipinski definition) is 3. The Hall–Kier alpha value is -1.26. The van der Waals surface area contributed by atoms with Gasteiger partial charge in [-0.2, -0.15) is 0 Å². The minimum absolute atomic E-state index is 0.230. The van der Waals surface area contributed by atoms with Crippen molar-refractivity contribution in [3.8, 4) is 11.5 Å². The summed E-state index contributed by atoms with van der Waals surface area (Å²) in [6, 6.07) is 0. The van der Waals surface area contributed by atoms with Crippen molar-refractivity contribution >= 4 is 0 Å². The number of nitrogens with one attached hydrogen (secondary N) is 1. The smallest absolute Gasteiger partial charge is 0.126 e. The van der Waals surface area contributed by atoms with Crippen molar-refractivity contribution in [3.63, 3.8) is 0 Å². The van der Waals surface area contributed by atoms with Crippen LogP contribution < -0.4 is 15.8 Å². The van der Waals surface area contributed by atoms with Crippen LogP contribution in [0.3, 0.4) is 0 Å². The Bertz CT molecular complexity index is 529. The van der Waals surface area contributed by atoms with Gasteiger partial charge in [0, 0.05) is 12.1 Å². The molecule has 0 aliphatic carbocycles. The molecule has 4 N–H and O–H groups in total. The third-order valence-electron chi connectivity index (χ3n) is 5.02. The highest BCUT2D eigenvalue weighted by Crippen LogP contribution is 2.40. The second kappa shape index (κ2) is 8.55. The van der Waals surface area contributed by atoms with Crippen LogP contribution in [0.2, 0.25) is 0 Å². The fourth-order valence-corrected chi connectivity index (χ4v) is 3.31. The Kier molecular flexibility index (Phi) is 6.72. The van der Waals surface area contributed by atoms with E-state index >= 15 is 0 Å². The van der Waals surface area contributed by atoms with Crippen LogP contribution in [-0.4, -0.2) is 30.8 Å². The predicted molar refractivity (Wildman–Crippen MR) is 95.4 cm³/mol. The van der Waals surface area contributed by atoms with E-state index in [2.05, 4.69) is 5.32 Å². The van der Waals surface area contributed by atoms with Crippen molar-refractivity contribution in [1.29, 1.82) is 0 Å². The Labute approximate surface area is 140 Å². The lowest BCUT2D eigenvalue weighted by molar-refractivity contribution is 0.168. The molecule has 23 heavy (non-hydrogen) atoms. The molecule has 1 atom stereocenters. The van der Waals surface area contributed by atoms with E-state index in [-0.39, 0.29) is 6.10 Å². The lowest BCUT2D eigenvalue weighted by atomic mass is 9.91. The van der Waals surface area contributed by atoms with Gasteiger partial charge in [0.1, 0.15) is 17.6 Å². The number of phenolic OH excluding ortho intramolecular Hbond substituents is 1. The molecule has 4 heteroatoms. The van der Waals surface area contributed by atoms with E-state index in [0.717, 1.165) is 61.3 Å². The number of ether oxygens (including phenoxy) is 1. The average Bonchev–Trinajstić information content (AvgIpc) is 2.57. The summed E-state index contributed by atoms with van der Waals surface area (Å²) >= 11 is 0. The number of fused-ring (bicyclic) bond motifs is 1. The van der Waals surface area contributed by atoms with Crippen LogP contribution in [0.1, 0.15) is 54.4 Å². The first kappa shape index (κ1) is 18.1. The average molecular weight is 320 g/mol. The van der Waals surface area contributed by atoms with E-state index in [4.69, 9.17) is 10.5 Å². The molecule has 130 valence electrons. The van der Waals surface area contributed by atoms with Gasteiger partial charge in [-0.1, -0.05) is 12.8 Å². The third kappa shape index (κ3) is 4.39. The molecule has 4 nitrogen and oxygen atoms in total. The highest BCUT2D eigenvalue weighted by atomic mass is 16.5. The lowest BCUT2D eigenvalue weighted by Gasteiger charge is -2.30. The van der Waals surface area contributed by atoms with Crippen LogP contribution in [-0.2, 0) is 6.42 Å². The highest BCUT2D eigenvalue weighted by Gasteiger charge is 2.25. The summed E-state index contributed by atoms with van der Waals surface area (Å²) in [7, 11) is 0. The molecular formula is C19H32N2O2. The van der Waals surface area contributed by atoms with E-state index < -0.39 is 0 Å². The molecule has 1 aliphatic heterocycles. The normalized spacial score (nSPS) is 17.0. The molecule has 0 amide bonds. The molecule has 1 aromatic rings. The van der Waals surface area contributed by atoms with Gasteiger partial charge in [0.05, 0.1) is 0 Å². The van der Waals surface area contributed by atoms with Gasteiger partial charge in [0.15, 0.2) is 0 Å². The minimum Gasteiger partial charge on any atom is -0.507 e. The van der Waals surface area contributed by atoms with Crippen molar-refractivity contribution in [1.82, 2.24) is 5.32 Å². The van der Waals surface area contributed by atoms with Crippen LogP contribution >= 0.6 is 0 Å². The number of benzene rings is 1. The van der Waals surface area contributed by atoms with Gasteiger partial charge in [0.2, 0.25) is 0 Å². The maximum atomic E-state index is 10.2. The van der Waals surface area contributed by atoms with Crippen molar-refractivity contribution < 1.29 is 9.84 Å². The van der Waals surface area contributed by atoms with Crippen LogP contribution in [0, 0.1) is 20.8 Å². The van der Waals surface area contributed by atoms with Crippen LogP contribution in [0.15, 0.2) is 0 Å². The fourth-order valence-electron chi connectivity index (χ4n) is 3.31. The molecule has 0 spiro atoms. The third-order valence-corrected chi connectivity index (χ3v) is 5.02. The first-order valence-electron chi connectivity index (χ1n) is 8.95. The number of nitrogens with two attached hydrogens (primary N) is 1. The van der Waals surface area contributed by atoms with Crippen molar-refractivity contribution in [2.45, 2.75) is 65.4 Å². The van der Waals surface area contributed by atoms with E-state index in [0.29, 0.717) is 5.75 Å². The number of aromatic hydroxyl groups is 1. The van der Waals surface area contributed by atoms with E-state index in [9.17, 15) is 5.11 Å². The standard InChI is InChI=1S/C19H32N2O2/c1-13-14(2)19-17(15(3)18(13)22)9-8-16(23-19)12-21-11-7-5-4-6-10-20/h16,21-22H,4-12,20H2,1-3H3. The monoisotopic (exact) mass is 320 g/mol. The summed E-state index contributed by atoms with van der Waals surface area (Å²) in [6.45, 7) is 8.74. The number of hydrogen-bond acceptors (Lipinski definition) is 4.